The maximum atomic E-state index is 13.1. The molecule has 2 rings (SSSR count). The number of hydrogen-bond donors (Lipinski definition) is 1. The van der Waals surface area contributed by atoms with Crippen LogP contribution < -0.4 is 0 Å². The minimum atomic E-state index is -2.35. The maximum absolute atomic E-state index is 13.1. The SMILES string of the molecule is O=C(O)C(F)n1cnc(-c2cccc([N+](=O)[O-])c2)n1. The van der Waals surface area contributed by atoms with Crippen LogP contribution in [-0.2, 0) is 4.79 Å². The molecule has 98 valence electrons. The zero-order chi connectivity index (χ0) is 14.0. The van der Waals surface area contributed by atoms with Gasteiger partial charge in [-0.15, -0.1) is 5.10 Å². The average molecular weight is 266 g/mol. The average Bonchev–Trinajstić information content (AvgIpc) is 2.87. The van der Waals surface area contributed by atoms with Gasteiger partial charge in [0.05, 0.1) is 4.92 Å². The molecule has 1 heterocycles. The summed E-state index contributed by atoms with van der Waals surface area (Å²) < 4.78 is 13.7. The number of halogens is 1. The summed E-state index contributed by atoms with van der Waals surface area (Å²) >= 11 is 0. The first-order valence-electron chi connectivity index (χ1n) is 5.02. The standard InChI is InChI=1S/C10H7FN4O4/c11-8(10(16)17)14-5-12-9(13-14)6-2-1-3-7(4-6)15(18)19/h1-5,8H,(H,16,17). The fraction of sp³-hybridized carbons (Fsp3) is 0.100. The van der Waals surface area contributed by atoms with Gasteiger partial charge < -0.3 is 5.11 Å². The molecule has 0 bridgehead atoms. The van der Waals surface area contributed by atoms with E-state index < -0.39 is 17.2 Å². The van der Waals surface area contributed by atoms with Crippen LogP contribution in [-0.4, -0.2) is 30.8 Å². The highest BCUT2D eigenvalue weighted by atomic mass is 19.1. The number of alkyl halides is 1. The number of benzene rings is 1. The second-order valence-electron chi connectivity index (χ2n) is 3.53. The minimum Gasteiger partial charge on any atom is -0.478 e. The minimum absolute atomic E-state index is 0.00704. The number of aromatic nitrogens is 3. The van der Waals surface area contributed by atoms with Gasteiger partial charge in [-0.2, -0.15) is 0 Å². The molecule has 0 fully saturated rings. The van der Waals surface area contributed by atoms with Gasteiger partial charge in [0, 0.05) is 17.7 Å². The number of hydrogen-bond acceptors (Lipinski definition) is 5. The highest BCUT2D eigenvalue weighted by molar-refractivity contribution is 5.70. The lowest BCUT2D eigenvalue weighted by molar-refractivity contribution is -0.384. The molecule has 0 saturated heterocycles. The summed E-state index contributed by atoms with van der Waals surface area (Å²) in [7, 11) is 0. The Kier molecular flexibility index (Phi) is 3.19. The van der Waals surface area contributed by atoms with Crippen LogP contribution in [0.25, 0.3) is 11.4 Å². The van der Waals surface area contributed by atoms with E-state index in [0.29, 0.717) is 10.2 Å². The molecule has 0 amide bonds. The smallest absolute Gasteiger partial charge is 0.361 e. The highest BCUT2D eigenvalue weighted by Crippen LogP contribution is 2.21. The predicted octanol–water partition coefficient (Wildman–Crippen LogP) is 1.41. The first kappa shape index (κ1) is 12.6. The molecule has 1 unspecified atom stereocenters. The predicted molar refractivity (Wildman–Crippen MR) is 59.9 cm³/mol. The van der Waals surface area contributed by atoms with Gasteiger partial charge in [-0.1, -0.05) is 12.1 Å². The number of nitrogens with zero attached hydrogens (tertiary/aromatic N) is 4. The molecular formula is C10H7FN4O4. The third-order valence-electron chi connectivity index (χ3n) is 2.26. The van der Waals surface area contributed by atoms with Crippen molar-refractivity contribution in [2.45, 2.75) is 6.30 Å². The number of carboxylic acids is 1. The zero-order valence-corrected chi connectivity index (χ0v) is 9.30. The maximum Gasteiger partial charge on any atom is 0.361 e. The van der Waals surface area contributed by atoms with Crippen molar-refractivity contribution >= 4 is 11.7 Å². The first-order chi connectivity index (χ1) is 8.99. The Bertz CT molecular complexity index is 642. The topological polar surface area (TPSA) is 111 Å². The summed E-state index contributed by atoms with van der Waals surface area (Å²) in [6, 6.07) is 5.43. The summed E-state index contributed by atoms with van der Waals surface area (Å²) in [6.45, 7) is 0. The van der Waals surface area contributed by atoms with E-state index in [1.165, 1.54) is 24.3 Å². The van der Waals surface area contributed by atoms with Gasteiger partial charge in [0.25, 0.3) is 12.0 Å². The Balaban J connectivity index is 2.35. The summed E-state index contributed by atoms with van der Waals surface area (Å²) in [5.74, 6) is -1.69. The molecule has 0 aliphatic heterocycles. The monoisotopic (exact) mass is 266 g/mol. The van der Waals surface area contributed by atoms with Gasteiger partial charge in [0.15, 0.2) is 5.82 Å². The number of nitro groups is 1. The molecule has 1 aromatic heterocycles. The Morgan fingerprint density at radius 2 is 2.26 bits per heavy atom. The molecule has 1 N–H and O–H groups in total. The lowest BCUT2D eigenvalue weighted by Gasteiger charge is -2.00. The summed E-state index contributed by atoms with van der Waals surface area (Å²) in [5.41, 5.74) is 0.134. The van der Waals surface area contributed by atoms with Crippen molar-refractivity contribution in [3.63, 3.8) is 0 Å². The largest absolute Gasteiger partial charge is 0.478 e. The van der Waals surface area contributed by atoms with Crippen LogP contribution in [0.4, 0.5) is 10.1 Å². The quantitative estimate of drug-likeness (QED) is 0.661. The Labute approximate surface area is 105 Å². The molecule has 0 saturated carbocycles. The van der Waals surface area contributed by atoms with E-state index in [2.05, 4.69) is 10.1 Å². The molecular weight excluding hydrogens is 259 g/mol. The molecule has 1 atom stereocenters. The van der Waals surface area contributed by atoms with E-state index in [1.54, 1.807) is 0 Å². The fourth-order valence-electron chi connectivity index (χ4n) is 1.39. The van der Waals surface area contributed by atoms with Gasteiger partial charge >= 0.3 is 5.97 Å². The van der Waals surface area contributed by atoms with Gasteiger partial charge in [-0.25, -0.2) is 18.9 Å². The van der Waals surface area contributed by atoms with E-state index in [-0.39, 0.29) is 11.5 Å². The third kappa shape index (κ3) is 2.54. The molecule has 8 nitrogen and oxygen atoms in total. The van der Waals surface area contributed by atoms with Gasteiger partial charge in [0.1, 0.15) is 6.33 Å². The van der Waals surface area contributed by atoms with Crippen molar-refractivity contribution in [3.8, 4) is 11.4 Å². The number of carboxylic acid groups (broad SMARTS) is 1. The Morgan fingerprint density at radius 3 is 2.89 bits per heavy atom. The molecule has 19 heavy (non-hydrogen) atoms. The highest BCUT2D eigenvalue weighted by Gasteiger charge is 2.20. The van der Waals surface area contributed by atoms with Crippen molar-refractivity contribution in [2.75, 3.05) is 0 Å². The van der Waals surface area contributed by atoms with Crippen LogP contribution in [0.5, 0.6) is 0 Å². The molecule has 1 aromatic carbocycles. The lowest BCUT2D eigenvalue weighted by atomic mass is 10.2. The second-order valence-corrected chi connectivity index (χ2v) is 3.53. The van der Waals surface area contributed by atoms with E-state index in [0.717, 1.165) is 6.33 Å². The normalized spacial score (nSPS) is 12.1. The van der Waals surface area contributed by atoms with Crippen molar-refractivity contribution in [2.24, 2.45) is 0 Å². The number of rotatable bonds is 4. The van der Waals surface area contributed by atoms with Gasteiger partial charge in [0.2, 0.25) is 0 Å². The number of non-ortho nitro benzene ring substituents is 1. The number of aliphatic carboxylic acids is 1. The zero-order valence-electron chi connectivity index (χ0n) is 9.30. The van der Waals surface area contributed by atoms with Crippen LogP contribution in [0.15, 0.2) is 30.6 Å². The number of carbonyl (C=O) groups is 1. The molecule has 9 heteroatoms. The van der Waals surface area contributed by atoms with Crippen molar-refractivity contribution in [1.29, 1.82) is 0 Å². The lowest BCUT2D eigenvalue weighted by Crippen LogP contribution is -2.14. The van der Waals surface area contributed by atoms with Crippen LogP contribution in [0, 0.1) is 10.1 Å². The van der Waals surface area contributed by atoms with Gasteiger partial charge in [-0.3, -0.25) is 10.1 Å². The second kappa shape index (κ2) is 4.80. The van der Waals surface area contributed by atoms with Crippen molar-refractivity contribution in [3.05, 3.63) is 40.7 Å². The summed E-state index contributed by atoms with van der Waals surface area (Å²) in [4.78, 5) is 24.2. The van der Waals surface area contributed by atoms with Crippen LogP contribution in [0.1, 0.15) is 6.30 Å². The van der Waals surface area contributed by atoms with Gasteiger partial charge in [-0.05, 0) is 0 Å². The van der Waals surface area contributed by atoms with E-state index in [9.17, 15) is 19.3 Å². The van der Waals surface area contributed by atoms with Crippen LogP contribution >= 0.6 is 0 Å². The molecule has 0 aliphatic rings. The van der Waals surface area contributed by atoms with Crippen molar-refractivity contribution in [1.82, 2.24) is 14.8 Å². The summed E-state index contributed by atoms with van der Waals surface area (Å²) in [6.07, 6.45) is -1.44. The molecule has 0 spiro atoms. The Hall–Kier alpha value is -2.84. The molecule has 0 radical (unpaired) electrons. The summed E-state index contributed by atoms with van der Waals surface area (Å²) in [5, 5.41) is 22.7. The molecule has 2 aromatic rings. The molecule has 0 aliphatic carbocycles. The van der Waals surface area contributed by atoms with Crippen molar-refractivity contribution < 1.29 is 19.2 Å². The first-order valence-corrected chi connectivity index (χ1v) is 5.02. The fourth-order valence-corrected chi connectivity index (χ4v) is 1.39. The van der Waals surface area contributed by atoms with E-state index >= 15 is 0 Å². The number of nitro benzene ring substituents is 1. The Morgan fingerprint density at radius 1 is 1.53 bits per heavy atom. The third-order valence-corrected chi connectivity index (χ3v) is 2.26. The van der Waals surface area contributed by atoms with E-state index in [1.807, 2.05) is 0 Å². The van der Waals surface area contributed by atoms with Crippen LogP contribution in [0.3, 0.4) is 0 Å². The van der Waals surface area contributed by atoms with E-state index in [4.69, 9.17) is 5.11 Å². The van der Waals surface area contributed by atoms with Crippen LogP contribution in [0.2, 0.25) is 0 Å².